The monoisotopic (exact) mass is 184 g/mol. The number of rotatable bonds is 1. The molecule has 0 aliphatic rings. The smallest absolute Gasteiger partial charge is 1.00 e. The van der Waals surface area contributed by atoms with Crippen molar-refractivity contribution in [3.05, 3.63) is 0 Å². The van der Waals surface area contributed by atoms with Gasteiger partial charge in [0, 0.05) is 6.92 Å². The summed E-state index contributed by atoms with van der Waals surface area (Å²) < 4.78 is 3.99. The topological polar surface area (TPSA) is 43.4 Å². The van der Waals surface area contributed by atoms with Gasteiger partial charge in [0.15, 0.2) is 0 Å². The number of hydrogen-bond donors (Lipinski definition) is 0. The molecule has 0 saturated heterocycles. The summed E-state index contributed by atoms with van der Waals surface area (Å²) in [6, 6.07) is 0. The molecule has 3 nitrogen and oxygen atoms in total. The normalized spacial score (nSPS) is 6.60. The van der Waals surface area contributed by atoms with Crippen LogP contribution in [0.3, 0.4) is 0 Å². The summed E-state index contributed by atoms with van der Waals surface area (Å²) in [6.07, 6.45) is 0. The van der Waals surface area contributed by atoms with E-state index in [-0.39, 0.29) is 67.8 Å². The van der Waals surface area contributed by atoms with Gasteiger partial charge in [-0.05, 0) is 0 Å². The van der Waals surface area contributed by atoms with E-state index in [9.17, 15) is 9.59 Å². The Labute approximate surface area is 111 Å². The van der Waals surface area contributed by atoms with Crippen LogP contribution in [-0.2, 0) is 14.3 Å². The molecule has 0 unspecified atom stereocenters. The van der Waals surface area contributed by atoms with Gasteiger partial charge in [-0.2, -0.15) is 0 Å². The van der Waals surface area contributed by atoms with Crippen molar-refractivity contribution in [3.63, 3.8) is 0 Å². The first-order valence-corrected chi connectivity index (χ1v) is 2.47. The third-order valence-corrected chi connectivity index (χ3v) is 0.585. The molecule has 10 heavy (non-hydrogen) atoms. The Morgan fingerprint density at radius 1 is 1.50 bits per heavy atom. The minimum atomic E-state index is -0.709. The molecule has 0 saturated carbocycles. The molecule has 6 heteroatoms. The summed E-state index contributed by atoms with van der Waals surface area (Å²) in [5.41, 5.74) is 0. The number of esters is 2. The number of carbonyl (C=O) groups is 2. The Morgan fingerprint density at radius 3 is 2.00 bits per heavy atom. The Kier molecular flexibility index (Phi) is 18.2. The maximum absolute atomic E-state index is 10.0. The molecule has 0 aliphatic carbocycles. The Hall–Kier alpha value is 1.43. The number of carbonyl (C=O) groups excluding carboxylic acids is 2. The van der Waals surface area contributed by atoms with Gasteiger partial charge in [-0.15, -0.1) is 11.6 Å². The van der Waals surface area contributed by atoms with E-state index in [1.54, 1.807) is 0 Å². The van der Waals surface area contributed by atoms with Gasteiger partial charge in [0.2, 0.25) is 0 Å². The van der Waals surface area contributed by atoms with Gasteiger partial charge in [-0.3, -0.25) is 9.59 Å². The number of halogens is 1. The van der Waals surface area contributed by atoms with Crippen molar-refractivity contribution in [2.24, 2.45) is 0 Å². The maximum atomic E-state index is 10.0. The molecule has 0 N–H and O–H groups in total. The van der Waals surface area contributed by atoms with Crippen LogP contribution < -0.4 is 59.1 Å². The fourth-order valence-corrected chi connectivity index (χ4v) is 0.242. The SMILES string of the molecule is CC(=O)OC(=O)CCl.[H-].[H-].[Na+].[Na+]. The summed E-state index contributed by atoms with van der Waals surface area (Å²) in [6.45, 7) is 1.14. The average molecular weight is 185 g/mol. The van der Waals surface area contributed by atoms with Gasteiger partial charge in [0.25, 0.3) is 0 Å². The van der Waals surface area contributed by atoms with E-state index < -0.39 is 11.9 Å². The zero-order valence-corrected chi connectivity index (χ0v) is 11.1. The first-order valence-electron chi connectivity index (χ1n) is 1.94. The van der Waals surface area contributed by atoms with Crippen LogP contribution in [0.2, 0.25) is 0 Å². The van der Waals surface area contributed by atoms with E-state index >= 15 is 0 Å². The Morgan fingerprint density at radius 2 is 1.90 bits per heavy atom. The van der Waals surface area contributed by atoms with Crippen LogP contribution >= 0.6 is 11.6 Å². The van der Waals surface area contributed by atoms with Gasteiger partial charge in [0.05, 0.1) is 0 Å². The summed E-state index contributed by atoms with van der Waals surface area (Å²) in [5.74, 6) is -1.62. The third-order valence-electron chi connectivity index (χ3n) is 0.367. The molecule has 0 rings (SSSR count). The summed E-state index contributed by atoms with van der Waals surface area (Å²) in [7, 11) is 0. The minimum absolute atomic E-state index is 0. The first-order chi connectivity index (χ1) is 3.66. The molecular formula is C4H7ClNa2O3. The molecule has 0 aliphatic heterocycles. The first kappa shape index (κ1) is 17.5. The van der Waals surface area contributed by atoms with Crippen LogP contribution in [0.5, 0.6) is 0 Å². The van der Waals surface area contributed by atoms with Crippen molar-refractivity contribution in [1.29, 1.82) is 0 Å². The molecule has 0 heterocycles. The van der Waals surface area contributed by atoms with Crippen molar-refractivity contribution in [1.82, 2.24) is 0 Å². The summed E-state index contributed by atoms with van der Waals surface area (Å²) in [4.78, 5) is 20.0. The summed E-state index contributed by atoms with van der Waals surface area (Å²) >= 11 is 4.97. The zero-order chi connectivity index (χ0) is 6.57. The van der Waals surface area contributed by atoms with Gasteiger partial charge >= 0.3 is 71.1 Å². The molecular weight excluding hydrogens is 177 g/mol. The molecule has 0 aromatic heterocycles. The quantitative estimate of drug-likeness (QED) is 0.177. The number of hydrogen-bond acceptors (Lipinski definition) is 3. The third kappa shape index (κ3) is 12.1. The van der Waals surface area contributed by atoms with Crippen LogP contribution in [0.4, 0.5) is 0 Å². The Balaban J connectivity index is -0.0000000408. The molecule has 0 radical (unpaired) electrons. The van der Waals surface area contributed by atoms with Crippen LogP contribution in [0.1, 0.15) is 9.78 Å². The molecule has 0 aromatic carbocycles. The molecule has 0 atom stereocenters. The zero-order valence-electron chi connectivity index (χ0n) is 8.31. The second kappa shape index (κ2) is 10.4. The van der Waals surface area contributed by atoms with Crippen molar-refractivity contribution in [2.75, 3.05) is 5.88 Å². The van der Waals surface area contributed by atoms with Gasteiger partial charge in [-0.25, -0.2) is 0 Å². The largest absolute Gasteiger partial charge is 1.00 e. The molecule has 0 bridgehead atoms. The van der Waals surface area contributed by atoms with Gasteiger partial charge in [0.1, 0.15) is 5.88 Å². The molecule has 0 spiro atoms. The second-order valence-corrected chi connectivity index (χ2v) is 1.37. The average Bonchev–Trinajstić information content (AvgIpc) is 1.65. The van der Waals surface area contributed by atoms with Crippen molar-refractivity contribution in [2.45, 2.75) is 6.92 Å². The molecule has 0 amide bonds. The van der Waals surface area contributed by atoms with E-state index in [0.717, 1.165) is 6.92 Å². The van der Waals surface area contributed by atoms with Crippen molar-refractivity contribution >= 4 is 23.5 Å². The fraction of sp³-hybridized carbons (Fsp3) is 0.500. The second-order valence-electron chi connectivity index (χ2n) is 1.10. The van der Waals surface area contributed by atoms with Crippen LogP contribution in [-0.4, -0.2) is 17.8 Å². The molecule has 50 valence electrons. The summed E-state index contributed by atoms with van der Waals surface area (Å²) in [5, 5.41) is 0. The molecule has 0 fully saturated rings. The minimum Gasteiger partial charge on any atom is -1.00 e. The maximum Gasteiger partial charge on any atom is 1.00 e. The predicted molar refractivity (Wildman–Crippen MR) is 29.7 cm³/mol. The van der Waals surface area contributed by atoms with Gasteiger partial charge < -0.3 is 7.59 Å². The van der Waals surface area contributed by atoms with Crippen LogP contribution in [0.15, 0.2) is 0 Å². The van der Waals surface area contributed by atoms with E-state index in [2.05, 4.69) is 4.74 Å². The van der Waals surface area contributed by atoms with Crippen molar-refractivity contribution in [3.8, 4) is 0 Å². The predicted octanol–water partition coefficient (Wildman–Crippen LogP) is -5.45. The van der Waals surface area contributed by atoms with Crippen LogP contribution in [0.25, 0.3) is 0 Å². The van der Waals surface area contributed by atoms with Crippen molar-refractivity contribution < 1.29 is 76.3 Å². The van der Waals surface area contributed by atoms with E-state index in [4.69, 9.17) is 11.6 Å². The van der Waals surface area contributed by atoms with E-state index in [1.165, 1.54) is 0 Å². The van der Waals surface area contributed by atoms with E-state index in [0.29, 0.717) is 0 Å². The van der Waals surface area contributed by atoms with Crippen LogP contribution in [0, 0.1) is 0 Å². The number of ether oxygens (including phenoxy) is 1. The van der Waals surface area contributed by atoms with E-state index in [1.807, 2.05) is 0 Å². The number of alkyl halides is 1. The standard InChI is InChI=1S/C4H5ClO3.2Na.2H/c1-3(6)8-4(7)2-5;;;;/h2H2,1H3;;;;/q;2*+1;2*-1. The Bertz CT molecular complexity index is 125. The van der Waals surface area contributed by atoms with Gasteiger partial charge in [-0.1, -0.05) is 0 Å². The molecule has 0 aromatic rings. The fourth-order valence-electron chi connectivity index (χ4n) is 0.188.